The number of anilines is 1. The number of nitriles is 1. The van der Waals surface area contributed by atoms with Crippen LogP contribution in [0.3, 0.4) is 0 Å². The number of nitro benzene ring substituents is 1. The number of benzene rings is 1. The van der Waals surface area contributed by atoms with E-state index in [0.29, 0.717) is 17.6 Å². The lowest BCUT2D eigenvalue weighted by atomic mass is 10.1. The summed E-state index contributed by atoms with van der Waals surface area (Å²) >= 11 is 0. The van der Waals surface area contributed by atoms with Crippen LogP contribution in [0.1, 0.15) is 24.8 Å². The number of rotatable bonds is 2. The molecule has 2 unspecified atom stereocenters. The molecule has 1 aromatic carbocycles. The molecule has 0 radical (unpaired) electrons. The van der Waals surface area contributed by atoms with Crippen molar-refractivity contribution >= 4 is 11.4 Å². The van der Waals surface area contributed by atoms with E-state index < -0.39 is 4.92 Å². The zero-order valence-electron chi connectivity index (χ0n) is 12.0. The van der Waals surface area contributed by atoms with Gasteiger partial charge in [0.2, 0.25) is 0 Å². The molecule has 2 fully saturated rings. The Labute approximate surface area is 123 Å². The van der Waals surface area contributed by atoms with Gasteiger partial charge in [0.25, 0.3) is 5.69 Å². The molecule has 2 saturated heterocycles. The number of hydrogen-bond acceptors (Lipinski definition) is 5. The minimum absolute atomic E-state index is 0.0243. The van der Waals surface area contributed by atoms with Gasteiger partial charge >= 0.3 is 0 Å². The summed E-state index contributed by atoms with van der Waals surface area (Å²) in [7, 11) is 2.17. The lowest BCUT2D eigenvalue weighted by molar-refractivity contribution is -0.384. The van der Waals surface area contributed by atoms with E-state index in [0.717, 1.165) is 25.2 Å². The Morgan fingerprint density at radius 3 is 2.81 bits per heavy atom. The summed E-state index contributed by atoms with van der Waals surface area (Å²) < 4.78 is 0. The fraction of sp³-hybridized carbons (Fsp3) is 0.533. The van der Waals surface area contributed by atoms with Gasteiger partial charge in [0.05, 0.1) is 16.2 Å². The van der Waals surface area contributed by atoms with E-state index in [9.17, 15) is 15.4 Å². The van der Waals surface area contributed by atoms with Crippen LogP contribution in [0.5, 0.6) is 0 Å². The van der Waals surface area contributed by atoms with Crippen molar-refractivity contribution in [3.63, 3.8) is 0 Å². The van der Waals surface area contributed by atoms with E-state index >= 15 is 0 Å². The zero-order valence-corrected chi connectivity index (χ0v) is 12.0. The molecule has 2 aliphatic rings. The van der Waals surface area contributed by atoms with Crippen LogP contribution in [0.4, 0.5) is 11.4 Å². The van der Waals surface area contributed by atoms with E-state index in [-0.39, 0.29) is 5.69 Å². The van der Waals surface area contributed by atoms with E-state index in [1.807, 2.05) is 0 Å². The molecule has 110 valence electrons. The highest BCUT2D eigenvalue weighted by Gasteiger charge is 2.35. The maximum absolute atomic E-state index is 10.8. The normalized spacial score (nSPS) is 25.4. The maximum Gasteiger partial charge on any atom is 0.270 e. The molecule has 6 nitrogen and oxygen atoms in total. The molecule has 0 N–H and O–H groups in total. The minimum Gasteiger partial charge on any atom is -0.369 e. The summed E-state index contributed by atoms with van der Waals surface area (Å²) in [6, 6.07) is 7.83. The molecule has 2 heterocycles. The van der Waals surface area contributed by atoms with Crippen LogP contribution in [0.25, 0.3) is 0 Å². The number of hydrogen-bond donors (Lipinski definition) is 0. The van der Waals surface area contributed by atoms with Gasteiger partial charge in [-0.05, 0) is 32.4 Å². The molecule has 0 aromatic heterocycles. The first-order valence-corrected chi connectivity index (χ1v) is 7.25. The van der Waals surface area contributed by atoms with Gasteiger partial charge in [0, 0.05) is 37.3 Å². The summed E-state index contributed by atoms with van der Waals surface area (Å²) in [5, 5.41) is 20.1. The lowest BCUT2D eigenvalue weighted by Gasteiger charge is -2.28. The van der Waals surface area contributed by atoms with Gasteiger partial charge in [-0.1, -0.05) is 0 Å². The predicted octanol–water partition coefficient (Wildman–Crippen LogP) is 2.14. The number of nitrogens with zero attached hydrogens (tertiary/aromatic N) is 4. The van der Waals surface area contributed by atoms with Gasteiger partial charge in [0.1, 0.15) is 6.07 Å². The predicted molar refractivity (Wildman–Crippen MR) is 79.2 cm³/mol. The Bertz CT molecular complexity index is 610. The lowest BCUT2D eigenvalue weighted by Crippen LogP contribution is -2.36. The number of fused-ring (bicyclic) bond motifs is 2. The summed E-state index contributed by atoms with van der Waals surface area (Å²) in [5.74, 6) is 0. The van der Waals surface area contributed by atoms with E-state index in [2.05, 4.69) is 22.9 Å². The van der Waals surface area contributed by atoms with Crippen LogP contribution in [0.15, 0.2) is 18.2 Å². The number of non-ortho nitro benzene ring substituents is 1. The highest BCUT2D eigenvalue weighted by Crippen LogP contribution is 2.32. The van der Waals surface area contributed by atoms with Crippen molar-refractivity contribution in [2.75, 3.05) is 25.0 Å². The number of likely N-dealkylation sites (N-methyl/N-ethyl adjacent to an activating group) is 1. The van der Waals surface area contributed by atoms with E-state index in [1.165, 1.54) is 25.0 Å². The fourth-order valence-electron chi connectivity index (χ4n) is 3.53. The Kier molecular flexibility index (Phi) is 3.52. The average molecular weight is 286 g/mol. The van der Waals surface area contributed by atoms with Gasteiger partial charge < -0.3 is 4.90 Å². The summed E-state index contributed by atoms with van der Waals surface area (Å²) in [6.07, 6.45) is 3.52. The van der Waals surface area contributed by atoms with E-state index in [4.69, 9.17) is 0 Å². The first-order chi connectivity index (χ1) is 10.1. The largest absolute Gasteiger partial charge is 0.369 e. The standard InChI is InChI=1S/C15H18N4O2/c1-17-12-2-3-14(17)10-18(7-6-12)15-5-4-13(19(20)21)8-11(15)9-16/h4-5,8,12,14H,2-3,6-7,10H2,1H3. The van der Waals surface area contributed by atoms with Crippen molar-refractivity contribution in [1.29, 1.82) is 5.26 Å². The van der Waals surface area contributed by atoms with Crippen molar-refractivity contribution in [2.24, 2.45) is 0 Å². The quantitative estimate of drug-likeness (QED) is 0.615. The molecule has 2 aliphatic heterocycles. The minimum atomic E-state index is -0.456. The zero-order chi connectivity index (χ0) is 15.0. The van der Waals surface area contributed by atoms with Gasteiger partial charge in [-0.15, -0.1) is 0 Å². The Balaban J connectivity index is 1.90. The maximum atomic E-state index is 10.8. The molecular formula is C15H18N4O2. The van der Waals surface area contributed by atoms with Crippen LogP contribution in [0.2, 0.25) is 0 Å². The second-order valence-corrected chi connectivity index (χ2v) is 5.86. The molecule has 2 bridgehead atoms. The van der Waals surface area contributed by atoms with Crippen LogP contribution in [-0.2, 0) is 0 Å². The summed E-state index contributed by atoms with van der Waals surface area (Å²) in [5.41, 5.74) is 1.19. The highest BCUT2D eigenvalue weighted by molar-refractivity contribution is 5.63. The third-order valence-corrected chi connectivity index (χ3v) is 4.80. The SMILES string of the molecule is CN1C2CCC1CN(c1ccc([N+](=O)[O-])cc1C#N)CC2. The van der Waals surface area contributed by atoms with Crippen LogP contribution in [-0.4, -0.2) is 42.0 Å². The van der Waals surface area contributed by atoms with Crippen LogP contribution >= 0.6 is 0 Å². The van der Waals surface area contributed by atoms with Gasteiger partial charge in [-0.25, -0.2) is 0 Å². The van der Waals surface area contributed by atoms with Gasteiger partial charge in [-0.2, -0.15) is 5.26 Å². The average Bonchev–Trinajstić information content (AvgIpc) is 2.71. The summed E-state index contributed by atoms with van der Waals surface area (Å²) in [4.78, 5) is 15.0. The van der Waals surface area contributed by atoms with Crippen molar-refractivity contribution in [2.45, 2.75) is 31.3 Å². The second kappa shape index (κ2) is 5.34. The molecule has 0 spiro atoms. The Morgan fingerprint density at radius 1 is 1.33 bits per heavy atom. The van der Waals surface area contributed by atoms with E-state index in [1.54, 1.807) is 6.07 Å². The molecule has 1 aromatic rings. The molecular weight excluding hydrogens is 268 g/mol. The Morgan fingerprint density at radius 2 is 2.10 bits per heavy atom. The van der Waals surface area contributed by atoms with Crippen molar-refractivity contribution in [3.8, 4) is 6.07 Å². The first-order valence-electron chi connectivity index (χ1n) is 7.25. The van der Waals surface area contributed by atoms with Gasteiger partial charge in [-0.3, -0.25) is 15.0 Å². The molecule has 6 heteroatoms. The second-order valence-electron chi connectivity index (χ2n) is 5.86. The highest BCUT2D eigenvalue weighted by atomic mass is 16.6. The summed E-state index contributed by atoms with van der Waals surface area (Å²) in [6.45, 7) is 1.79. The first kappa shape index (κ1) is 13.8. The van der Waals surface area contributed by atoms with Crippen molar-refractivity contribution < 1.29 is 4.92 Å². The van der Waals surface area contributed by atoms with Crippen molar-refractivity contribution in [3.05, 3.63) is 33.9 Å². The molecule has 0 aliphatic carbocycles. The van der Waals surface area contributed by atoms with Crippen LogP contribution in [0, 0.1) is 21.4 Å². The third kappa shape index (κ3) is 2.45. The van der Waals surface area contributed by atoms with Gasteiger partial charge in [0.15, 0.2) is 0 Å². The topological polar surface area (TPSA) is 73.4 Å². The smallest absolute Gasteiger partial charge is 0.270 e. The molecule has 21 heavy (non-hydrogen) atoms. The van der Waals surface area contributed by atoms with Crippen molar-refractivity contribution in [1.82, 2.24) is 4.90 Å². The molecule has 0 saturated carbocycles. The van der Waals surface area contributed by atoms with Crippen LogP contribution < -0.4 is 4.90 Å². The monoisotopic (exact) mass is 286 g/mol. The third-order valence-electron chi connectivity index (χ3n) is 4.80. The fourth-order valence-corrected chi connectivity index (χ4v) is 3.53. The molecule has 0 amide bonds. The number of nitro groups is 1. The Hall–Kier alpha value is -2.13. The molecule has 3 rings (SSSR count). The molecule has 2 atom stereocenters.